The summed E-state index contributed by atoms with van der Waals surface area (Å²) in [5, 5.41) is 0. The van der Waals surface area contributed by atoms with Crippen molar-refractivity contribution in [2.45, 2.75) is 37.9 Å². The van der Waals surface area contributed by atoms with Gasteiger partial charge in [0.15, 0.2) is 17.2 Å². The number of esters is 1. The standard InChI is InChI=1S/C15H16O5/c1-7(16)9-6-10-13-8(3-5-19-13)12(9)15(14(10)18)4-2-11(17)20-15/h6,8,10,12-13H,2-5H2,1H3/t8-,10-,12-,13-,15-/m1/s1. The molecule has 2 bridgehead atoms. The van der Waals surface area contributed by atoms with E-state index in [1.165, 1.54) is 6.92 Å². The molecule has 0 aromatic carbocycles. The van der Waals surface area contributed by atoms with E-state index in [2.05, 4.69) is 0 Å². The van der Waals surface area contributed by atoms with E-state index >= 15 is 0 Å². The van der Waals surface area contributed by atoms with Gasteiger partial charge < -0.3 is 9.47 Å². The molecule has 0 N–H and O–H groups in total. The lowest BCUT2D eigenvalue weighted by Gasteiger charge is -2.51. The van der Waals surface area contributed by atoms with Gasteiger partial charge in [-0.25, -0.2) is 0 Å². The van der Waals surface area contributed by atoms with E-state index < -0.39 is 11.5 Å². The first-order valence-electron chi connectivity index (χ1n) is 7.15. The molecule has 2 aliphatic heterocycles. The number of Topliss-reactive ketones (excluding diaryl/α,β-unsaturated/α-hetero) is 2. The molecule has 5 heteroatoms. The van der Waals surface area contributed by atoms with Crippen molar-refractivity contribution in [1.29, 1.82) is 0 Å². The summed E-state index contributed by atoms with van der Waals surface area (Å²) in [6, 6.07) is 0. The molecule has 106 valence electrons. The summed E-state index contributed by atoms with van der Waals surface area (Å²) in [5.74, 6) is -1.05. The Labute approximate surface area is 116 Å². The van der Waals surface area contributed by atoms with Gasteiger partial charge in [0.05, 0.1) is 12.0 Å². The van der Waals surface area contributed by atoms with Crippen LogP contribution < -0.4 is 0 Å². The van der Waals surface area contributed by atoms with E-state index in [0.29, 0.717) is 18.6 Å². The molecular formula is C15H16O5. The quantitative estimate of drug-likeness (QED) is 0.663. The van der Waals surface area contributed by atoms with Crippen molar-refractivity contribution < 1.29 is 23.9 Å². The van der Waals surface area contributed by atoms with Crippen LogP contribution in [-0.4, -0.2) is 35.8 Å². The second-order valence-corrected chi connectivity index (χ2v) is 6.20. The third-order valence-electron chi connectivity index (χ3n) is 5.28. The zero-order valence-electron chi connectivity index (χ0n) is 11.3. The van der Waals surface area contributed by atoms with Gasteiger partial charge in [-0.3, -0.25) is 14.4 Å². The molecule has 1 saturated carbocycles. The van der Waals surface area contributed by atoms with Crippen LogP contribution in [0.25, 0.3) is 0 Å². The van der Waals surface area contributed by atoms with Crippen LogP contribution in [0.5, 0.6) is 0 Å². The molecule has 1 spiro atoms. The van der Waals surface area contributed by atoms with Crippen LogP contribution in [0.15, 0.2) is 11.6 Å². The molecule has 3 aliphatic carbocycles. The maximum absolute atomic E-state index is 12.8. The fourth-order valence-electron chi connectivity index (χ4n) is 4.56. The molecule has 2 saturated heterocycles. The predicted octanol–water partition coefficient (Wildman–Crippen LogP) is 0.811. The second-order valence-electron chi connectivity index (χ2n) is 6.20. The lowest BCUT2D eigenvalue weighted by Crippen LogP contribution is -2.63. The van der Waals surface area contributed by atoms with E-state index in [0.717, 1.165) is 6.42 Å². The van der Waals surface area contributed by atoms with Crippen LogP contribution in [0.3, 0.4) is 0 Å². The van der Waals surface area contributed by atoms with E-state index in [1.54, 1.807) is 6.08 Å². The molecule has 20 heavy (non-hydrogen) atoms. The summed E-state index contributed by atoms with van der Waals surface area (Å²) >= 11 is 0. The third-order valence-corrected chi connectivity index (χ3v) is 5.28. The van der Waals surface area contributed by atoms with Gasteiger partial charge in [0, 0.05) is 25.4 Å². The molecule has 2 heterocycles. The summed E-state index contributed by atoms with van der Waals surface area (Å²) in [7, 11) is 0. The predicted molar refractivity (Wildman–Crippen MR) is 66.7 cm³/mol. The molecule has 5 nitrogen and oxygen atoms in total. The van der Waals surface area contributed by atoms with E-state index in [9.17, 15) is 14.4 Å². The Morgan fingerprint density at radius 1 is 1.40 bits per heavy atom. The Kier molecular flexibility index (Phi) is 2.32. The number of hydrogen-bond acceptors (Lipinski definition) is 5. The summed E-state index contributed by atoms with van der Waals surface area (Å²) in [6.45, 7) is 2.13. The van der Waals surface area contributed by atoms with Crippen molar-refractivity contribution in [3.05, 3.63) is 11.6 Å². The van der Waals surface area contributed by atoms with Gasteiger partial charge in [-0.15, -0.1) is 0 Å². The first-order valence-corrected chi connectivity index (χ1v) is 7.15. The smallest absolute Gasteiger partial charge is 0.306 e. The summed E-state index contributed by atoms with van der Waals surface area (Å²) in [5.41, 5.74) is -0.428. The van der Waals surface area contributed by atoms with Gasteiger partial charge in [0.2, 0.25) is 0 Å². The monoisotopic (exact) mass is 276 g/mol. The van der Waals surface area contributed by atoms with Crippen LogP contribution in [-0.2, 0) is 23.9 Å². The average molecular weight is 276 g/mol. The summed E-state index contributed by atoms with van der Waals surface area (Å²) in [4.78, 5) is 36.3. The first-order chi connectivity index (χ1) is 9.54. The van der Waals surface area contributed by atoms with Gasteiger partial charge in [0.25, 0.3) is 0 Å². The highest BCUT2D eigenvalue weighted by Crippen LogP contribution is 2.57. The van der Waals surface area contributed by atoms with Gasteiger partial charge in [-0.2, -0.15) is 0 Å². The first kappa shape index (κ1) is 12.3. The van der Waals surface area contributed by atoms with E-state index in [1.807, 2.05) is 0 Å². The Bertz CT molecular complexity index is 563. The molecule has 0 aromatic rings. The minimum Gasteiger partial charge on any atom is -0.450 e. The number of hydrogen-bond donors (Lipinski definition) is 0. The zero-order chi connectivity index (χ0) is 14.1. The Morgan fingerprint density at radius 3 is 2.85 bits per heavy atom. The second kappa shape index (κ2) is 3.79. The van der Waals surface area contributed by atoms with Gasteiger partial charge in [0.1, 0.15) is 0 Å². The summed E-state index contributed by atoms with van der Waals surface area (Å²) < 4.78 is 11.2. The van der Waals surface area contributed by atoms with Crippen molar-refractivity contribution in [1.82, 2.24) is 0 Å². The number of ketones is 2. The van der Waals surface area contributed by atoms with Gasteiger partial charge in [-0.1, -0.05) is 6.08 Å². The minimum atomic E-state index is -1.09. The van der Waals surface area contributed by atoms with Crippen LogP contribution >= 0.6 is 0 Å². The van der Waals surface area contributed by atoms with Crippen molar-refractivity contribution in [3.63, 3.8) is 0 Å². The number of rotatable bonds is 1. The van der Waals surface area contributed by atoms with Gasteiger partial charge in [-0.05, 0) is 24.8 Å². The number of carbonyl (C=O) groups is 3. The molecule has 0 amide bonds. The van der Waals surface area contributed by atoms with E-state index in [-0.39, 0.29) is 41.9 Å². The van der Waals surface area contributed by atoms with Gasteiger partial charge >= 0.3 is 5.97 Å². The topological polar surface area (TPSA) is 69.7 Å². The minimum absolute atomic E-state index is 0.0276. The van der Waals surface area contributed by atoms with Crippen LogP contribution in [0.2, 0.25) is 0 Å². The lowest BCUT2D eigenvalue weighted by atomic mass is 9.54. The molecule has 3 fully saturated rings. The molecule has 0 unspecified atom stereocenters. The van der Waals surface area contributed by atoms with E-state index in [4.69, 9.17) is 9.47 Å². The highest BCUT2D eigenvalue weighted by molar-refractivity contribution is 6.04. The van der Waals surface area contributed by atoms with Crippen molar-refractivity contribution in [3.8, 4) is 0 Å². The maximum Gasteiger partial charge on any atom is 0.306 e. The highest BCUT2D eigenvalue weighted by Gasteiger charge is 2.67. The SMILES string of the molecule is CC(=O)C1=C[C@H]2C(=O)[C@@]3(CCC(=O)O3)[C@@H]1[C@H]1CCO[C@H]12. The normalized spacial score (nSPS) is 45.5. The zero-order valence-corrected chi connectivity index (χ0v) is 11.3. The lowest BCUT2D eigenvalue weighted by molar-refractivity contribution is -0.177. The third kappa shape index (κ3) is 1.29. The van der Waals surface area contributed by atoms with Crippen LogP contribution in [0.1, 0.15) is 26.2 Å². The van der Waals surface area contributed by atoms with Crippen molar-refractivity contribution in [2.75, 3.05) is 6.61 Å². The summed E-state index contributed by atoms with van der Waals surface area (Å²) in [6.07, 6.45) is 3.11. The molecule has 5 aliphatic rings. The Morgan fingerprint density at radius 2 is 2.20 bits per heavy atom. The molecular weight excluding hydrogens is 260 g/mol. The van der Waals surface area contributed by atoms with Crippen LogP contribution in [0, 0.1) is 17.8 Å². The van der Waals surface area contributed by atoms with Crippen molar-refractivity contribution >= 4 is 17.5 Å². The average Bonchev–Trinajstić information content (AvgIpc) is 3.02. The largest absolute Gasteiger partial charge is 0.450 e. The molecule has 5 rings (SSSR count). The Balaban J connectivity index is 1.88. The molecule has 5 atom stereocenters. The fourth-order valence-corrected chi connectivity index (χ4v) is 4.56. The molecule has 0 aromatic heterocycles. The number of carbonyl (C=O) groups excluding carboxylic acids is 3. The Hall–Kier alpha value is -1.49. The maximum atomic E-state index is 12.8. The van der Waals surface area contributed by atoms with Crippen molar-refractivity contribution in [2.24, 2.45) is 17.8 Å². The highest BCUT2D eigenvalue weighted by atomic mass is 16.6. The fraction of sp³-hybridized carbons (Fsp3) is 0.667. The van der Waals surface area contributed by atoms with Crippen LogP contribution in [0.4, 0.5) is 0 Å². The number of ether oxygens (including phenoxy) is 2. The molecule has 0 radical (unpaired) electrons.